The highest BCUT2D eigenvalue weighted by Gasteiger charge is 1.98. The number of halogens is 1. The average molecular weight is 314 g/mol. The van der Waals surface area contributed by atoms with Crippen LogP contribution in [0.2, 0.25) is 5.02 Å². The van der Waals surface area contributed by atoms with E-state index in [9.17, 15) is 0 Å². The molecule has 1 aromatic rings. The zero-order chi connectivity index (χ0) is 15.3. The van der Waals surface area contributed by atoms with Crippen LogP contribution < -0.4 is 10.6 Å². The van der Waals surface area contributed by atoms with E-state index in [1.54, 1.807) is 14.2 Å². The second-order valence-electron chi connectivity index (χ2n) is 4.41. The first-order valence-corrected chi connectivity index (χ1v) is 7.39. The van der Waals surface area contributed by atoms with E-state index >= 15 is 0 Å². The first-order valence-electron chi connectivity index (χ1n) is 7.02. The molecule has 1 aromatic carbocycles. The largest absolute Gasteiger partial charge is 0.382 e. The van der Waals surface area contributed by atoms with Crippen LogP contribution >= 0.6 is 11.6 Å². The summed E-state index contributed by atoms with van der Waals surface area (Å²) in [5, 5.41) is 7.22. The normalized spacial score (nSPS) is 11.5. The van der Waals surface area contributed by atoms with E-state index in [-0.39, 0.29) is 0 Å². The van der Waals surface area contributed by atoms with Crippen LogP contribution in [0.3, 0.4) is 0 Å². The molecule has 0 saturated carbocycles. The van der Waals surface area contributed by atoms with E-state index in [2.05, 4.69) is 15.6 Å². The SMILES string of the molecule is CN=C(NCCOCCOC)NCCc1ccc(Cl)cc1. The predicted molar refractivity (Wildman–Crippen MR) is 87.2 cm³/mol. The van der Waals surface area contributed by atoms with Crippen molar-refractivity contribution in [2.75, 3.05) is 47.1 Å². The number of benzene rings is 1. The molecule has 0 bridgehead atoms. The van der Waals surface area contributed by atoms with Gasteiger partial charge in [0.25, 0.3) is 0 Å². The summed E-state index contributed by atoms with van der Waals surface area (Å²) < 4.78 is 10.3. The molecule has 0 saturated heterocycles. The zero-order valence-electron chi connectivity index (χ0n) is 12.7. The highest BCUT2D eigenvalue weighted by Crippen LogP contribution is 2.09. The highest BCUT2D eigenvalue weighted by molar-refractivity contribution is 6.30. The van der Waals surface area contributed by atoms with Gasteiger partial charge in [0, 0.05) is 32.3 Å². The monoisotopic (exact) mass is 313 g/mol. The van der Waals surface area contributed by atoms with Crippen molar-refractivity contribution in [3.63, 3.8) is 0 Å². The van der Waals surface area contributed by atoms with Crippen LogP contribution in [0.1, 0.15) is 5.56 Å². The summed E-state index contributed by atoms with van der Waals surface area (Å²) in [6, 6.07) is 7.87. The van der Waals surface area contributed by atoms with E-state index in [4.69, 9.17) is 21.1 Å². The Morgan fingerprint density at radius 1 is 1.10 bits per heavy atom. The van der Waals surface area contributed by atoms with Gasteiger partial charge in [-0.15, -0.1) is 0 Å². The van der Waals surface area contributed by atoms with Crippen molar-refractivity contribution in [1.29, 1.82) is 0 Å². The van der Waals surface area contributed by atoms with Gasteiger partial charge in [-0.25, -0.2) is 0 Å². The molecule has 5 nitrogen and oxygen atoms in total. The summed E-state index contributed by atoms with van der Waals surface area (Å²) in [4.78, 5) is 4.16. The molecule has 0 aromatic heterocycles. The van der Waals surface area contributed by atoms with E-state index in [1.807, 2.05) is 24.3 Å². The maximum absolute atomic E-state index is 5.86. The summed E-state index contributed by atoms with van der Waals surface area (Å²) in [6.07, 6.45) is 0.919. The van der Waals surface area contributed by atoms with Gasteiger partial charge in [-0.1, -0.05) is 23.7 Å². The van der Waals surface area contributed by atoms with Crippen LogP contribution in [0.25, 0.3) is 0 Å². The van der Waals surface area contributed by atoms with Gasteiger partial charge in [-0.2, -0.15) is 0 Å². The van der Waals surface area contributed by atoms with Gasteiger partial charge >= 0.3 is 0 Å². The quantitative estimate of drug-likeness (QED) is 0.414. The number of nitrogens with zero attached hydrogens (tertiary/aromatic N) is 1. The Balaban J connectivity index is 2.12. The third-order valence-electron chi connectivity index (χ3n) is 2.81. The van der Waals surface area contributed by atoms with Crippen LogP contribution in [-0.2, 0) is 15.9 Å². The molecule has 0 unspecified atom stereocenters. The molecule has 2 N–H and O–H groups in total. The Morgan fingerprint density at radius 2 is 1.81 bits per heavy atom. The fraction of sp³-hybridized carbons (Fsp3) is 0.533. The van der Waals surface area contributed by atoms with Crippen molar-refractivity contribution < 1.29 is 9.47 Å². The van der Waals surface area contributed by atoms with Gasteiger partial charge < -0.3 is 20.1 Å². The predicted octanol–water partition coefficient (Wildman–Crippen LogP) is 1.71. The molecule has 0 spiro atoms. The summed E-state index contributed by atoms with van der Waals surface area (Å²) in [5.41, 5.74) is 1.24. The van der Waals surface area contributed by atoms with Crippen LogP contribution in [0.15, 0.2) is 29.3 Å². The molecule has 0 aliphatic carbocycles. The topological polar surface area (TPSA) is 54.9 Å². The van der Waals surface area contributed by atoms with Crippen molar-refractivity contribution in [2.24, 2.45) is 4.99 Å². The first-order chi connectivity index (χ1) is 10.3. The van der Waals surface area contributed by atoms with E-state index in [1.165, 1.54) is 5.56 Å². The minimum Gasteiger partial charge on any atom is -0.382 e. The summed E-state index contributed by atoms with van der Waals surface area (Å²) in [7, 11) is 3.41. The smallest absolute Gasteiger partial charge is 0.191 e. The molecule has 0 heterocycles. The molecule has 0 aliphatic rings. The molecular weight excluding hydrogens is 290 g/mol. The summed E-state index contributed by atoms with van der Waals surface area (Å²) in [6.45, 7) is 3.38. The van der Waals surface area contributed by atoms with E-state index < -0.39 is 0 Å². The molecule has 0 amide bonds. The third kappa shape index (κ3) is 8.55. The van der Waals surface area contributed by atoms with Crippen LogP contribution in [-0.4, -0.2) is 53.0 Å². The maximum atomic E-state index is 5.86. The van der Waals surface area contributed by atoms with Gasteiger partial charge in [0.15, 0.2) is 5.96 Å². The lowest BCUT2D eigenvalue weighted by Gasteiger charge is -2.12. The Labute approximate surface area is 131 Å². The minimum atomic E-state index is 0.612. The molecule has 118 valence electrons. The average Bonchev–Trinajstić information content (AvgIpc) is 2.50. The Bertz CT molecular complexity index is 410. The summed E-state index contributed by atoms with van der Waals surface area (Å²) >= 11 is 5.86. The summed E-state index contributed by atoms with van der Waals surface area (Å²) in [5.74, 6) is 0.777. The third-order valence-corrected chi connectivity index (χ3v) is 3.07. The molecule has 0 atom stereocenters. The van der Waals surface area contributed by atoms with Crippen LogP contribution in [0.4, 0.5) is 0 Å². The fourth-order valence-electron chi connectivity index (χ4n) is 1.68. The molecule has 0 aliphatic heterocycles. The number of hydrogen-bond acceptors (Lipinski definition) is 3. The zero-order valence-corrected chi connectivity index (χ0v) is 13.4. The van der Waals surface area contributed by atoms with Crippen molar-refractivity contribution in [3.05, 3.63) is 34.9 Å². The Hall–Kier alpha value is -1.30. The van der Waals surface area contributed by atoms with Gasteiger partial charge in [0.05, 0.1) is 19.8 Å². The van der Waals surface area contributed by atoms with Gasteiger partial charge in [-0.05, 0) is 24.1 Å². The van der Waals surface area contributed by atoms with Gasteiger partial charge in [0.2, 0.25) is 0 Å². The molecule has 0 fully saturated rings. The van der Waals surface area contributed by atoms with Gasteiger partial charge in [0.1, 0.15) is 0 Å². The van der Waals surface area contributed by atoms with Crippen molar-refractivity contribution >= 4 is 17.6 Å². The number of guanidine groups is 1. The lowest BCUT2D eigenvalue weighted by molar-refractivity contribution is 0.0733. The highest BCUT2D eigenvalue weighted by atomic mass is 35.5. The van der Waals surface area contributed by atoms with E-state index in [0.717, 1.165) is 23.9 Å². The number of ether oxygens (including phenoxy) is 2. The minimum absolute atomic E-state index is 0.612. The number of aliphatic imine (C=N–C) groups is 1. The van der Waals surface area contributed by atoms with Crippen molar-refractivity contribution in [3.8, 4) is 0 Å². The number of rotatable bonds is 9. The van der Waals surface area contributed by atoms with E-state index in [0.29, 0.717) is 26.4 Å². The number of nitrogens with one attached hydrogen (secondary N) is 2. The van der Waals surface area contributed by atoms with Crippen LogP contribution in [0.5, 0.6) is 0 Å². The molecule has 21 heavy (non-hydrogen) atoms. The fourth-order valence-corrected chi connectivity index (χ4v) is 1.81. The lowest BCUT2D eigenvalue weighted by Crippen LogP contribution is -2.39. The second-order valence-corrected chi connectivity index (χ2v) is 4.84. The standard InChI is InChI=1S/C15H24ClN3O2/c1-17-15(19-9-10-21-12-11-20-2)18-8-7-13-3-5-14(16)6-4-13/h3-6H,7-12H2,1-2H3,(H2,17,18,19). The number of hydrogen-bond donors (Lipinski definition) is 2. The Morgan fingerprint density at radius 3 is 2.48 bits per heavy atom. The first kappa shape index (κ1) is 17.8. The molecular formula is C15H24ClN3O2. The maximum Gasteiger partial charge on any atom is 0.191 e. The van der Waals surface area contributed by atoms with Crippen LogP contribution in [0, 0.1) is 0 Å². The van der Waals surface area contributed by atoms with Crippen molar-refractivity contribution in [2.45, 2.75) is 6.42 Å². The van der Waals surface area contributed by atoms with Crippen molar-refractivity contribution in [1.82, 2.24) is 10.6 Å². The molecule has 0 radical (unpaired) electrons. The molecule has 1 rings (SSSR count). The second kappa shape index (κ2) is 11.4. The lowest BCUT2D eigenvalue weighted by atomic mass is 10.1. The number of methoxy groups -OCH3 is 1. The van der Waals surface area contributed by atoms with Gasteiger partial charge in [-0.3, -0.25) is 4.99 Å². The Kier molecular flexibility index (Phi) is 9.61. The molecule has 6 heteroatoms.